The van der Waals surface area contributed by atoms with Crippen LogP contribution in [0.1, 0.15) is 11.6 Å². The number of aromatic nitrogens is 1. The lowest BCUT2D eigenvalue weighted by Crippen LogP contribution is -2.28. The SMILES string of the molecule is Nc1cccc([C@@H]2C[n+]3ccsc3N2)c1. The van der Waals surface area contributed by atoms with Gasteiger partial charge in [0.25, 0.3) is 0 Å². The van der Waals surface area contributed by atoms with Crippen molar-refractivity contribution in [1.82, 2.24) is 0 Å². The lowest BCUT2D eigenvalue weighted by molar-refractivity contribution is -0.670. The van der Waals surface area contributed by atoms with Crippen LogP contribution in [0.25, 0.3) is 0 Å². The molecule has 0 aliphatic carbocycles. The first-order chi connectivity index (χ1) is 7.33. The summed E-state index contributed by atoms with van der Waals surface area (Å²) in [6.45, 7) is 0.988. The second kappa shape index (κ2) is 3.24. The number of thiazole rings is 1. The van der Waals surface area contributed by atoms with Crippen LogP contribution in [-0.2, 0) is 6.54 Å². The summed E-state index contributed by atoms with van der Waals surface area (Å²) in [5.74, 6) is 0. The van der Waals surface area contributed by atoms with E-state index in [1.54, 1.807) is 11.3 Å². The van der Waals surface area contributed by atoms with E-state index < -0.39 is 0 Å². The van der Waals surface area contributed by atoms with Gasteiger partial charge in [0, 0.05) is 16.6 Å². The third kappa shape index (κ3) is 1.47. The molecule has 2 aromatic rings. The van der Waals surface area contributed by atoms with Gasteiger partial charge in [0.15, 0.2) is 6.04 Å². The van der Waals surface area contributed by atoms with Crippen LogP contribution in [0.4, 0.5) is 10.8 Å². The molecule has 1 aromatic carbocycles. The average Bonchev–Trinajstić information content (AvgIpc) is 2.76. The molecule has 1 atom stereocenters. The topological polar surface area (TPSA) is 41.9 Å². The Labute approximate surface area is 92.2 Å². The first-order valence-electron chi connectivity index (χ1n) is 4.92. The molecule has 0 fully saturated rings. The zero-order chi connectivity index (χ0) is 10.3. The Balaban J connectivity index is 1.90. The van der Waals surface area contributed by atoms with Crippen LogP contribution < -0.4 is 15.6 Å². The van der Waals surface area contributed by atoms with E-state index in [0.717, 1.165) is 12.2 Å². The largest absolute Gasteiger partial charge is 0.399 e. The fraction of sp³-hybridized carbons (Fsp3) is 0.182. The Morgan fingerprint density at radius 2 is 2.40 bits per heavy atom. The molecule has 3 nitrogen and oxygen atoms in total. The maximum atomic E-state index is 5.77. The summed E-state index contributed by atoms with van der Waals surface area (Å²) in [6, 6.07) is 8.44. The number of hydrogen-bond donors (Lipinski definition) is 2. The molecule has 1 aliphatic rings. The molecule has 1 aliphatic heterocycles. The Bertz CT molecular complexity index is 472. The van der Waals surface area contributed by atoms with Gasteiger partial charge in [-0.2, -0.15) is 0 Å². The Morgan fingerprint density at radius 3 is 3.20 bits per heavy atom. The molecule has 0 saturated heterocycles. The normalized spacial score (nSPS) is 18.5. The van der Waals surface area contributed by atoms with Crippen LogP contribution in [0.15, 0.2) is 35.8 Å². The highest BCUT2D eigenvalue weighted by Crippen LogP contribution is 2.27. The molecule has 0 spiro atoms. The summed E-state index contributed by atoms with van der Waals surface area (Å²) in [7, 11) is 0. The molecule has 0 unspecified atom stereocenters. The zero-order valence-electron chi connectivity index (χ0n) is 8.18. The molecule has 0 bridgehead atoms. The van der Waals surface area contributed by atoms with E-state index in [2.05, 4.69) is 27.5 Å². The summed E-state index contributed by atoms with van der Waals surface area (Å²) in [5.41, 5.74) is 7.86. The molecule has 0 saturated carbocycles. The van der Waals surface area contributed by atoms with E-state index in [9.17, 15) is 0 Å². The number of hydrogen-bond acceptors (Lipinski definition) is 3. The predicted octanol–water partition coefficient (Wildman–Crippen LogP) is 1.78. The smallest absolute Gasteiger partial charge is 0.334 e. The van der Waals surface area contributed by atoms with E-state index in [4.69, 9.17) is 5.73 Å². The number of rotatable bonds is 1. The van der Waals surface area contributed by atoms with Gasteiger partial charge in [-0.1, -0.05) is 23.5 Å². The highest BCUT2D eigenvalue weighted by atomic mass is 32.1. The third-order valence-corrected chi connectivity index (χ3v) is 3.50. The molecular weight excluding hydrogens is 206 g/mol. The maximum absolute atomic E-state index is 5.77. The monoisotopic (exact) mass is 218 g/mol. The van der Waals surface area contributed by atoms with Crippen molar-refractivity contribution in [2.75, 3.05) is 11.1 Å². The average molecular weight is 218 g/mol. The minimum Gasteiger partial charge on any atom is -0.399 e. The second-order valence-electron chi connectivity index (χ2n) is 3.73. The summed E-state index contributed by atoms with van der Waals surface area (Å²) in [5, 5.41) is 6.80. The summed E-state index contributed by atoms with van der Waals surface area (Å²) < 4.78 is 2.23. The Kier molecular flexibility index (Phi) is 1.89. The van der Waals surface area contributed by atoms with Gasteiger partial charge in [-0.05, 0) is 12.1 Å². The van der Waals surface area contributed by atoms with Gasteiger partial charge in [-0.3, -0.25) is 5.32 Å². The molecule has 2 heterocycles. The second-order valence-corrected chi connectivity index (χ2v) is 4.62. The van der Waals surface area contributed by atoms with Crippen molar-refractivity contribution < 1.29 is 4.57 Å². The molecule has 0 amide bonds. The predicted molar refractivity (Wildman–Crippen MR) is 61.7 cm³/mol. The summed E-state index contributed by atoms with van der Waals surface area (Å²) in [4.78, 5) is 0. The van der Waals surface area contributed by atoms with Gasteiger partial charge in [0.05, 0.1) is 0 Å². The number of nitrogen functional groups attached to an aromatic ring is 1. The highest BCUT2D eigenvalue weighted by molar-refractivity contribution is 7.13. The quantitative estimate of drug-likeness (QED) is 0.566. The van der Waals surface area contributed by atoms with Gasteiger partial charge >= 0.3 is 5.13 Å². The number of nitrogens with one attached hydrogen (secondary N) is 1. The van der Waals surface area contributed by atoms with Crippen LogP contribution in [0.5, 0.6) is 0 Å². The van der Waals surface area contributed by atoms with Gasteiger partial charge in [0.2, 0.25) is 0 Å². The maximum Gasteiger partial charge on any atom is 0.334 e. The number of nitrogens with two attached hydrogens (primary N) is 1. The summed E-state index contributed by atoms with van der Waals surface area (Å²) in [6.07, 6.45) is 2.11. The van der Waals surface area contributed by atoms with Gasteiger partial charge < -0.3 is 5.73 Å². The first kappa shape index (κ1) is 8.73. The van der Waals surface area contributed by atoms with Crippen LogP contribution in [-0.4, -0.2) is 0 Å². The lowest BCUT2D eigenvalue weighted by atomic mass is 10.1. The van der Waals surface area contributed by atoms with Crippen molar-refractivity contribution in [2.24, 2.45) is 0 Å². The van der Waals surface area contributed by atoms with E-state index in [-0.39, 0.29) is 0 Å². The number of fused-ring (bicyclic) bond motifs is 1. The van der Waals surface area contributed by atoms with E-state index >= 15 is 0 Å². The van der Waals surface area contributed by atoms with Gasteiger partial charge in [0.1, 0.15) is 12.7 Å². The van der Waals surface area contributed by atoms with Gasteiger partial charge in [-0.25, -0.2) is 4.57 Å². The Morgan fingerprint density at radius 1 is 1.47 bits per heavy atom. The van der Waals surface area contributed by atoms with Crippen LogP contribution in [0.2, 0.25) is 0 Å². The fourth-order valence-corrected chi connectivity index (χ4v) is 2.74. The molecule has 3 rings (SSSR count). The minimum absolute atomic E-state index is 0.362. The summed E-state index contributed by atoms with van der Waals surface area (Å²) >= 11 is 1.74. The molecule has 76 valence electrons. The van der Waals surface area contributed by atoms with Crippen molar-refractivity contribution in [3.63, 3.8) is 0 Å². The lowest BCUT2D eigenvalue weighted by Gasteiger charge is -2.05. The van der Waals surface area contributed by atoms with E-state index in [1.807, 2.05) is 18.2 Å². The zero-order valence-corrected chi connectivity index (χ0v) is 9.00. The Hall–Kier alpha value is -1.55. The van der Waals surface area contributed by atoms with Crippen molar-refractivity contribution >= 4 is 22.2 Å². The fourth-order valence-electron chi connectivity index (χ4n) is 1.92. The number of anilines is 2. The third-order valence-electron chi connectivity index (χ3n) is 2.67. The highest BCUT2D eigenvalue weighted by Gasteiger charge is 2.30. The number of benzene rings is 1. The van der Waals surface area contributed by atoms with Crippen molar-refractivity contribution in [3.8, 4) is 0 Å². The van der Waals surface area contributed by atoms with Crippen LogP contribution >= 0.6 is 11.3 Å². The van der Waals surface area contributed by atoms with Crippen LogP contribution in [0, 0.1) is 0 Å². The standard InChI is InChI=1S/C11H11N3S/c12-9-3-1-2-8(6-9)10-7-14-4-5-15-11(14)13-10/h1-6,10H,7,12H2/p+1/t10-/m0/s1. The molecule has 15 heavy (non-hydrogen) atoms. The van der Waals surface area contributed by atoms with Crippen molar-refractivity contribution in [1.29, 1.82) is 0 Å². The number of nitrogens with zero attached hydrogens (tertiary/aromatic N) is 1. The molecule has 4 heteroatoms. The van der Waals surface area contributed by atoms with Gasteiger partial charge in [-0.15, -0.1) is 0 Å². The molecule has 1 aromatic heterocycles. The minimum atomic E-state index is 0.362. The molecular formula is C11H12N3S+. The van der Waals surface area contributed by atoms with Crippen molar-refractivity contribution in [3.05, 3.63) is 41.4 Å². The van der Waals surface area contributed by atoms with E-state index in [0.29, 0.717) is 6.04 Å². The van der Waals surface area contributed by atoms with Crippen molar-refractivity contribution in [2.45, 2.75) is 12.6 Å². The van der Waals surface area contributed by atoms with Crippen LogP contribution in [0.3, 0.4) is 0 Å². The first-order valence-corrected chi connectivity index (χ1v) is 5.80. The molecule has 3 N–H and O–H groups in total. The molecule has 0 radical (unpaired) electrons. The van der Waals surface area contributed by atoms with E-state index in [1.165, 1.54) is 10.7 Å².